The second-order valence-corrected chi connectivity index (χ2v) is 6.99. The number of nitrogens with zero attached hydrogens (tertiary/aromatic N) is 1. The largest absolute Gasteiger partial charge is 0.496 e. The summed E-state index contributed by atoms with van der Waals surface area (Å²) in [7, 11) is 1.62. The highest BCUT2D eigenvalue weighted by atomic mass is 16.5. The van der Waals surface area contributed by atoms with Crippen LogP contribution in [0.3, 0.4) is 0 Å². The van der Waals surface area contributed by atoms with Gasteiger partial charge in [0.1, 0.15) is 5.75 Å². The van der Waals surface area contributed by atoms with Gasteiger partial charge in [-0.3, -0.25) is 19.3 Å². The van der Waals surface area contributed by atoms with Crippen LogP contribution in [-0.4, -0.2) is 42.8 Å². The normalized spacial score (nSPS) is 22.3. The van der Waals surface area contributed by atoms with Crippen LogP contribution in [-0.2, 0) is 20.8 Å². The van der Waals surface area contributed by atoms with Crippen molar-refractivity contribution in [1.29, 1.82) is 0 Å². The van der Waals surface area contributed by atoms with Crippen molar-refractivity contribution in [2.24, 2.45) is 11.8 Å². The number of nitrogens with one attached hydrogen (secondary N) is 1. The fraction of sp³-hybridized carbons (Fsp3) is 0.550. The molecule has 0 bridgehead atoms. The summed E-state index contributed by atoms with van der Waals surface area (Å²) in [5, 5.41) is 2.86. The molecular formula is C20H26N2O4. The average Bonchev–Trinajstić information content (AvgIpc) is 2.91. The van der Waals surface area contributed by atoms with Crippen LogP contribution in [0.25, 0.3) is 0 Å². The number of carbonyl (C=O) groups is 3. The summed E-state index contributed by atoms with van der Waals surface area (Å²) in [5.41, 5.74) is 1.03. The van der Waals surface area contributed by atoms with E-state index in [0.29, 0.717) is 13.0 Å². The van der Waals surface area contributed by atoms with Crippen LogP contribution in [0.1, 0.15) is 37.7 Å². The minimum Gasteiger partial charge on any atom is -0.496 e. The molecule has 6 nitrogen and oxygen atoms in total. The van der Waals surface area contributed by atoms with Crippen LogP contribution in [0.2, 0.25) is 0 Å². The molecule has 3 rings (SSSR count). The molecule has 0 unspecified atom stereocenters. The van der Waals surface area contributed by atoms with E-state index < -0.39 is 0 Å². The van der Waals surface area contributed by atoms with Crippen LogP contribution in [0, 0.1) is 11.8 Å². The number of ether oxygens (including phenoxy) is 1. The molecule has 2 atom stereocenters. The number of carbonyl (C=O) groups excluding carboxylic acids is 3. The average molecular weight is 358 g/mol. The van der Waals surface area contributed by atoms with Crippen molar-refractivity contribution < 1.29 is 19.1 Å². The fourth-order valence-electron chi connectivity index (χ4n) is 4.00. The summed E-state index contributed by atoms with van der Waals surface area (Å²) >= 11 is 0. The van der Waals surface area contributed by atoms with Gasteiger partial charge < -0.3 is 10.1 Å². The second kappa shape index (κ2) is 8.34. The number of imide groups is 1. The highest BCUT2D eigenvalue weighted by molar-refractivity contribution is 6.05. The van der Waals surface area contributed by atoms with E-state index in [1.165, 1.54) is 4.90 Å². The molecule has 0 aromatic heterocycles. The molecule has 1 aliphatic heterocycles. The standard InChI is InChI=1S/C20H26N2O4/c1-26-17-9-5-2-6-14(17)10-12-21-18(23)11-13-22-19(24)15-7-3-4-8-16(15)20(22)25/h2,5-6,9,15-16H,3-4,7-8,10-13H2,1H3,(H,21,23)/t15-,16+. The number of amides is 3. The molecule has 1 aromatic carbocycles. The minimum absolute atomic E-state index is 0.0819. The number of benzene rings is 1. The third-order valence-electron chi connectivity index (χ3n) is 5.40. The third-order valence-corrected chi connectivity index (χ3v) is 5.40. The zero-order chi connectivity index (χ0) is 18.5. The molecule has 0 spiro atoms. The minimum atomic E-state index is -0.148. The highest BCUT2D eigenvalue weighted by Crippen LogP contribution is 2.37. The zero-order valence-corrected chi connectivity index (χ0v) is 15.2. The first-order chi connectivity index (χ1) is 12.6. The molecule has 1 aromatic rings. The van der Waals surface area contributed by atoms with Crippen molar-refractivity contribution in [2.45, 2.75) is 38.5 Å². The highest BCUT2D eigenvalue weighted by Gasteiger charge is 2.47. The van der Waals surface area contributed by atoms with E-state index >= 15 is 0 Å². The van der Waals surface area contributed by atoms with E-state index in [2.05, 4.69) is 5.32 Å². The van der Waals surface area contributed by atoms with Gasteiger partial charge in [-0.05, 0) is 30.9 Å². The van der Waals surface area contributed by atoms with Crippen molar-refractivity contribution in [3.8, 4) is 5.75 Å². The lowest BCUT2D eigenvalue weighted by atomic mass is 9.81. The summed E-state index contributed by atoms with van der Waals surface area (Å²) in [6, 6.07) is 7.70. The number of para-hydroxylation sites is 1. The van der Waals surface area contributed by atoms with Gasteiger partial charge in [0.05, 0.1) is 18.9 Å². The molecule has 1 heterocycles. The van der Waals surface area contributed by atoms with Gasteiger partial charge in [0.2, 0.25) is 17.7 Å². The number of hydrogen-bond acceptors (Lipinski definition) is 4. The van der Waals surface area contributed by atoms with Gasteiger partial charge in [0.15, 0.2) is 0 Å². The van der Waals surface area contributed by atoms with Gasteiger partial charge in [-0.1, -0.05) is 31.0 Å². The van der Waals surface area contributed by atoms with Crippen LogP contribution in [0.5, 0.6) is 5.75 Å². The topological polar surface area (TPSA) is 75.7 Å². The SMILES string of the molecule is COc1ccccc1CCNC(=O)CCN1C(=O)[C@H]2CCCC[C@H]2C1=O. The number of likely N-dealkylation sites (tertiary alicyclic amines) is 1. The molecule has 1 saturated heterocycles. The summed E-state index contributed by atoms with van der Waals surface area (Å²) in [6.45, 7) is 0.678. The van der Waals surface area contributed by atoms with Crippen molar-refractivity contribution >= 4 is 17.7 Å². The molecule has 0 radical (unpaired) electrons. The smallest absolute Gasteiger partial charge is 0.233 e. The van der Waals surface area contributed by atoms with E-state index in [0.717, 1.165) is 37.0 Å². The van der Waals surface area contributed by atoms with E-state index in [1.54, 1.807) is 7.11 Å². The maximum Gasteiger partial charge on any atom is 0.233 e. The first kappa shape index (κ1) is 18.4. The molecule has 2 fully saturated rings. The maximum atomic E-state index is 12.4. The molecule has 1 N–H and O–H groups in total. The number of fused-ring (bicyclic) bond motifs is 1. The van der Waals surface area contributed by atoms with E-state index in [9.17, 15) is 14.4 Å². The summed E-state index contributed by atoms with van der Waals surface area (Å²) < 4.78 is 5.29. The van der Waals surface area contributed by atoms with Gasteiger partial charge in [-0.15, -0.1) is 0 Å². The lowest BCUT2D eigenvalue weighted by Crippen LogP contribution is -2.35. The first-order valence-electron chi connectivity index (χ1n) is 9.35. The van der Waals surface area contributed by atoms with Gasteiger partial charge in [0, 0.05) is 19.5 Å². The van der Waals surface area contributed by atoms with Crippen LogP contribution >= 0.6 is 0 Å². The zero-order valence-electron chi connectivity index (χ0n) is 15.2. The monoisotopic (exact) mass is 358 g/mol. The number of rotatable bonds is 7. The molecule has 3 amide bonds. The van der Waals surface area contributed by atoms with Crippen LogP contribution < -0.4 is 10.1 Å². The van der Waals surface area contributed by atoms with Gasteiger partial charge in [-0.2, -0.15) is 0 Å². The Labute approximate surface area is 153 Å². The Morgan fingerprint density at radius 3 is 2.46 bits per heavy atom. The van der Waals surface area contributed by atoms with E-state index in [4.69, 9.17) is 4.74 Å². The Morgan fingerprint density at radius 2 is 1.81 bits per heavy atom. The molecule has 2 aliphatic rings. The number of methoxy groups -OCH3 is 1. The molecule has 1 saturated carbocycles. The fourth-order valence-corrected chi connectivity index (χ4v) is 4.00. The van der Waals surface area contributed by atoms with E-state index in [1.807, 2.05) is 24.3 Å². The Balaban J connectivity index is 1.44. The molecule has 26 heavy (non-hydrogen) atoms. The number of hydrogen-bond donors (Lipinski definition) is 1. The van der Waals surface area contributed by atoms with Gasteiger partial charge in [-0.25, -0.2) is 0 Å². The predicted octanol–water partition coefficient (Wildman–Crippen LogP) is 1.92. The van der Waals surface area contributed by atoms with Crippen molar-refractivity contribution in [2.75, 3.05) is 20.2 Å². The predicted molar refractivity (Wildman–Crippen MR) is 96.5 cm³/mol. The molecular weight excluding hydrogens is 332 g/mol. The van der Waals surface area contributed by atoms with Gasteiger partial charge >= 0.3 is 0 Å². The Bertz CT molecular complexity index is 664. The second-order valence-electron chi connectivity index (χ2n) is 6.99. The van der Waals surface area contributed by atoms with Crippen LogP contribution in [0.4, 0.5) is 0 Å². The summed E-state index contributed by atoms with van der Waals surface area (Å²) in [5.74, 6) is 0.200. The molecule has 1 aliphatic carbocycles. The van der Waals surface area contributed by atoms with Crippen molar-refractivity contribution in [1.82, 2.24) is 10.2 Å². The van der Waals surface area contributed by atoms with Crippen molar-refractivity contribution in [3.05, 3.63) is 29.8 Å². The summed E-state index contributed by atoms with van der Waals surface area (Å²) in [4.78, 5) is 38.2. The maximum absolute atomic E-state index is 12.4. The molecule has 6 heteroatoms. The molecule has 140 valence electrons. The third kappa shape index (κ3) is 3.89. The summed E-state index contributed by atoms with van der Waals surface area (Å²) in [6.07, 6.45) is 4.45. The van der Waals surface area contributed by atoms with E-state index in [-0.39, 0.29) is 42.5 Å². The van der Waals surface area contributed by atoms with Gasteiger partial charge in [0.25, 0.3) is 0 Å². The lowest BCUT2D eigenvalue weighted by Gasteiger charge is -2.19. The quantitative estimate of drug-likeness (QED) is 0.756. The lowest BCUT2D eigenvalue weighted by molar-refractivity contribution is -0.140. The van der Waals surface area contributed by atoms with Crippen molar-refractivity contribution in [3.63, 3.8) is 0 Å². The Kier molecular flexibility index (Phi) is 5.91. The Hall–Kier alpha value is -2.37. The first-order valence-corrected chi connectivity index (χ1v) is 9.35. The van der Waals surface area contributed by atoms with Crippen LogP contribution in [0.15, 0.2) is 24.3 Å². The Morgan fingerprint density at radius 1 is 1.15 bits per heavy atom.